The molecule has 2 amide bonds. The summed E-state index contributed by atoms with van der Waals surface area (Å²) < 4.78 is 4.65. The molecule has 0 saturated carbocycles. The first kappa shape index (κ1) is 17.2. The fraction of sp³-hybridized carbons (Fsp3) is 0.667. The topological polar surface area (TPSA) is 75.4 Å². The Hall–Kier alpha value is -1.85. The van der Waals surface area contributed by atoms with E-state index in [9.17, 15) is 9.59 Å². The zero-order chi connectivity index (χ0) is 15.5. The van der Waals surface area contributed by atoms with Crippen LogP contribution < -0.4 is 5.32 Å². The number of amides is 2. The van der Waals surface area contributed by atoms with E-state index >= 15 is 0 Å². The highest BCUT2D eigenvalue weighted by atomic mass is 16.5. The molecule has 0 atom stereocenters. The van der Waals surface area contributed by atoms with Gasteiger partial charge in [-0.15, -0.1) is 0 Å². The molecular formula is C15H25N3O3. The quantitative estimate of drug-likeness (QED) is 0.673. The summed E-state index contributed by atoms with van der Waals surface area (Å²) in [7, 11) is 0. The summed E-state index contributed by atoms with van der Waals surface area (Å²) in [5, 5.41) is 6.23. The van der Waals surface area contributed by atoms with Crippen LogP contribution in [0.15, 0.2) is 16.9 Å². The van der Waals surface area contributed by atoms with E-state index in [1.807, 2.05) is 0 Å². The molecule has 21 heavy (non-hydrogen) atoms. The van der Waals surface area contributed by atoms with Gasteiger partial charge in [0.1, 0.15) is 6.26 Å². The number of nitrogens with zero attached hydrogens (tertiary/aromatic N) is 2. The molecule has 0 aliphatic carbocycles. The largest absolute Gasteiger partial charge is 0.363 e. The molecule has 118 valence electrons. The van der Waals surface area contributed by atoms with Crippen LogP contribution in [0.3, 0.4) is 0 Å². The van der Waals surface area contributed by atoms with Gasteiger partial charge in [0.15, 0.2) is 5.82 Å². The van der Waals surface area contributed by atoms with Crippen LogP contribution in [0.25, 0.3) is 0 Å². The van der Waals surface area contributed by atoms with E-state index in [1.165, 1.54) is 6.26 Å². The van der Waals surface area contributed by atoms with Gasteiger partial charge in [-0.3, -0.25) is 9.59 Å². The van der Waals surface area contributed by atoms with Crippen LogP contribution in [0.5, 0.6) is 0 Å². The molecule has 0 aliphatic heterocycles. The van der Waals surface area contributed by atoms with E-state index in [4.69, 9.17) is 0 Å². The molecule has 1 N–H and O–H groups in total. The molecule has 1 rings (SSSR count). The molecule has 1 aromatic rings. The van der Waals surface area contributed by atoms with Gasteiger partial charge in [-0.05, 0) is 12.8 Å². The maximum absolute atomic E-state index is 12.2. The highest BCUT2D eigenvalue weighted by Gasteiger charge is 2.16. The first-order chi connectivity index (χ1) is 10.2. The maximum Gasteiger partial charge on any atom is 0.245 e. The fourth-order valence-electron chi connectivity index (χ4n) is 1.96. The Bertz CT molecular complexity index is 418. The van der Waals surface area contributed by atoms with Crippen molar-refractivity contribution in [1.29, 1.82) is 0 Å². The standard InChI is InChI=1S/C15H25N3O3/c1-3-5-7-8-15(20)18(10-6-4-2)12-14(19)16-13-9-11-21-17-13/h9,11H,3-8,10,12H2,1-2H3,(H,16,17,19). The Morgan fingerprint density at radius 3 is 2.62 bits per heavy atom. The van der Waals surface area contributed by atoms with Crippen LogP contribution in [-0.4, -0.2) is 35.0 Å². The summed E-state index contributed by atoms with van der Waals surface area (Å²) in [6.07, 6.45) is 6.78. The lowest BCUT2D eigenvalue weighted by Crippen LogP contribution is -2.38. The van der Waals surface area contributed by atoms with Crippen molar-refractivity contribution in [3.05, 3.63) is 12.3 Å². The van der Waals surface area contributed by atoms with Gasteiger partial charge in [0.25, 0.3) is 0 Å². The molecule has 0 bridgehead atoms. The van der Waals surface area contributed by atoms with Crippen molar-refractivity contribution in [2.75, 3.05) is 18.4 Å². The number of unbranched alkanes of at least 4 members (excludes halogenated alkanes) is 3. The molecule has 1 heterocycles. The van der Waals surface area contributed by atoms with Crippen LogP contribution in [-0.2, 0) is 9.59 Å². The number of hydrogen-bond acceptors (Lipinski definition) is 4. The summed E-state index contributed by atoms with van der Waals surface area (Å²) >= 11 is 0. The van der Waals surface area contributed by atoms with Crippen molar-refractivity contribution < 1.29 is 14.1 Å². The second-order valence-corrected chi connectivity index (χ2v) is 5.06. The van der Waals surface area contributed by atoms with Gasteiger partial charge in [0.05, 0.1) is 6.54 Å². The smallest absolute Gasteiger partial charge is 0.245 e. The van der Waals surface area contributed by atoms with Crippen LogP contribution in [0.2, 0.25) is 0 Å². The molecule has 0 saturated heterocycles. The summed E-state index contributed by atoms with van der Waals surface area (Å²) in [5.74, 6) is 0.171. The number of carbonyl (C=O) groups is 2. The van der Waals surface area contributed by atoms with Gasteiger partial charge >= 0.3 is 0 Å². The van der Waals surface area contributed by atoms with Crippen molar-refractivity contribution in [3.63, 3.8) is 0 Å². The van der Waals surface area contributed by atoms with Gasteiger partial charge in [-0.25, -0.2) is 0 Å². The first-order valence-electron chi connectivity index (χ1n) is 7.65. The van der Waals surface area contributed by atoms with E-state index in [2.05, 4.69) is 28.8 Å². The number of aromatic nitrogens is 1. The third-order valence-electron chi connectivity index (χ3n) is 3.17. The van der Waals surface area contributed by atoms with E-state index < -0.39 is 0 Å². The first-order valence-corrected chi connectivity index (χ1v) is 7.65. The Kier molecular flexibility index (Phi) is 8.16. The molecule has 0 aromatic carbocycles. The van der Waals surface area contributed by atoms with Crippen LogP contribution in [0.1, 0.15) is 52.4 Å². The number of nitrogens with one attached hydrogen (secondary N) is 1. The molecular weight excluding hydrogens is 270 g/mol. The predicted molar refractivity (Wildman–Crippen MR) is 80.8 cm³/mol. The summed E-state index contributed by atoms with van der Waals surface area (Å²) in [6.45, 7) is 4.85. The summed E-state index contributed by atoms with van der Waals surface area (Å²) in [6, 6.07) is 1.57. The summed E-state index contributed by atoms with van der Waals surface area (Å²) in [5.41, 5.74) is 0. The minimum absolute atomic E-state index is 0.0483. The Morgan fingerprint density at radius 1 is 1.24 bits per heavy atom. The minimum Gasteiger partial charge on any atom is -0.363 e. The van der Waals surface area contributed by atoms with E-state index in [0.717, 1.165) is 32.1 Å². The molecule has 0 unspecified atom stereocenters. The average molecular weight is 295 g/mol. The van der Waals surface area contributed by atoms with Gasteiger partial charge in [0.2, 0.25) is 11.8 Å². The monoisotopic (exact) mass is 295 g/mol. The van der Waals surface area contributed by atoms with Crippen molar-refractivity contribution in [3.8, 4) is 0 Å². The molecule has 6 nitrogen and oxygen atoms in total. The van der Waals surface area contributed by atoms with Gasteiger partial charge in [-0.1, -0.05) is 38.3 Å². The van der Waals surface area contributed by atoms with Crippen LogP contribution in [0, 0.1) is 0 Å². The van der Waals surface area contributed by atoms with E-state index in [1.54, 1.807) is 11.0 Å². The highest BCUT2D eigenvalue weighted by Crippen LogP contribution is 2.06. The number of rotatable bonds is 10. The highest BCUT2D eigenvalue weighted by molar-refractivity contribution is 5.93. The third kappa shape index (κ3) is 6.92. The molecule has 0 spiro atoms. The normalized spacial score (nSPS) is 10.4. The Balaban J connectivity index is 2.47. The summed E-state index contributed by atoms with van der Waals surface area (Å²) in [4.78, 5) is 25.7. The lowest BCUT2D eigenvalue weighted by atomic mass is 10.2. The van der Waals surface area contributed by atoms with Gasteiger partial charge in [0, 0.05) is 19.0 Å². The van der Waals surface area contributed by atoms with E-state index in [-0.39, 0.29) is 18.4 Å². The van der Waals surface area contributed by atoms with Crippen LogP contribution >= 0.6 is 0 Å². The van der Waals surface area contributed by atoms with Crippen molar-refractivity contribution in [1.82, 2.24) is 10.1 Å². The fourth-order valence-corrected chi connectivity index (χ4v) is 1.96. The van der Waals surface area contributed by atoms with Crippen LogP contribution in [0.4, 0.5) is 5.82 Å². The number of carbonyl (C=O) groups excluding carboxylic acids is 2. The third-order valence-corrected chi connectivity index (χ3v) is 3.17. The van der Waals surface area contributed by atoms with Gasteiger partial charge < -0.3 is 14.7 Å². The molecule has 6 heteroatoms. The number of anilines is 1. The molecule has 1 aromatic heterocycles. The Labute approximate surface area is 125 Å². The SMILES string of the molecule is CCCCCC(=O)N(CCCC)CC(=O)Nc1ccon1. The molecule has 0 fully saturated rings. The van der Waals surface area contributed by atoms with Crippen molar-refractivity contribution in [2.45, 2.75) is 52.4 Å². The predicted octanol–water partition coefficient (Wildman–Crippen LogP) is 2.82. The van der Waals surface area contributed by atoms with Crippen molar-refractivity contribution >= 4 is 17.6 Å². The van der Waals surface area contributed by atoms with Gasteiger partial charge in [-0.2, -0.15) is 0 Å². The lowest BCUT2D eigenvalue weighted by molar-refractivity contribution is -0.134. The maximum atomic E-state index is 12.2. The zero-order valence-corrected chi connectivity index (χ0v) is 12.9. The Morgan fingerprint density at radius 2 is 2.00 bits per heavy atom. The average Bonchev–Trinajstić information content (AvgIpc) is 2.96. The zero-order valence-electron chi connectivity index (χ0n) is 12.9. The molecule has 0 radical (unpaired) electrons. The minimum atomic E-state index is -0.246. The molecule has 0 aliphatic rings. The van der Waals surface area contributed by atoms with E-state index in [0.29, 0.717) is 18.8 Å². The van der Waals surface area contributed by atoms with Crippen molar-refractivity contribution in [2.24, 2.45) is 0 Å². The second kappa shape index (κ2) is 9.96. The lowest BCUT2D eigenvalue weighted by Gasteiger charge is -2.21. The number of hydrogen-bond donors (Lipinski definition) is 1. The second-order valence-electron chi connectivity index (χ2n) is 5.06.